The van der Waals surface area contributed by atoms with E-state index in [2.05, 4.69) is 36.3 Å². The lowest BCUT2D eigenvalue weighted by molar-refractivity contribution is 0.146. The number of anilines is 1. The number of nitrogens with zero attached hydrogens (tertiary/aromatic N) is 2. The molecule has 1 aliphatic carbocycles. The van der Waals surface area contributed by atoms with Gasteiger partial charge in [0.15, 0.2) is 11.6 Å². The molecule has 2 rings (SSSR count). The van der Waals surface area contributed by atoms with Crippen molar-refractivity contribution >= 4 is 5.69 Å². The molecular weight excluding hydrogens is 332 g/mol. The Bertz CT molecular complexity index is 536. The molecule has 0 heterocycles. The van der Waals surface area contributed by atoms with Crippen LogP contribution in [0.1, 0.15) is 44.9 Å². The summed E-state index contributed by atoms with van der Waals surface area (Å²) in [6.45, 7) is 3.01. The SMILES string of the molecule is CN(C)CCN(C)C1CCCCCC1CCCNc1ccc(F)c(F)c1. The van der Waals surface area contributed by atoms with Crippen molar-refractivity contribution in [1.82, 2.24) is 9.80 Å². The van der Waals surface area contributed by atoms with E-state index in [9.17, 15) is 8.78 Å². The lowest BCUT2D eigenvalue weighted by Crippen LogP contribution is -2.41. The van der Waals surface area contributed by atoms with Crippen LogP contribution in [0.4, 0.5) is 14.5 Å². The van der Waals surface area contributed by atoms with Crippen LogP contribution in [-0.2, 0) is 0 Å². The number of nitrogens with one attached hydrogen (secondary N) is 1. The predicted octanol–water partition coefficient (Wildman–Crippen LogP) is 4.60. The Morgan fingerprint density at radius 3 is 2.50 bits per heavy atom. The standard InChI is InChI=1S/C21H35F2N3/c1-25(2)14-15-26(3)21-10-6-4-5-8-17(21)9-7-13-24-18-11-12-19(22)20(23)16-18/h11-12,16-17,21,24H,4-10,13-15H2,1-3H3. The van der Waals surface area contributed by atoms with Gasteiger partial charge in [-0.25, -0.2) is 8.78 Å². The maximum atomic E-state index is 13.3. The van der Waals surface area contributed by atoms with Crippen molar-refractivity contribution in [2.45, 2.75) is 51.0 Å². The quantitative estimate of drug-likeness (QED) is 0.508. The van der Waals surface area contributed by atoms with Crippen LogP contribution in [-0.4, -0.2) is 56.6 Å². The third-order valence-corrected chi connectivity index (χ3v) is 5.59. The van der Waals surface area contributed by atoms with Crippen LogP contribution in [0.2, 0.25) is 0 Å². The van der Waals surface area contributed by atoms with Crippen LogP contribution in [0, 0.1) is 17.6 Å². The normalized spacial score (nSPS) is 21.2. The van der Waals surface area contributed by atoms with E-state index in [1.807, 2.05) is 0 Å². The molecule has 1 aliphatic rings. The van der Waals surface area contributed by atoms with Gasteiger partial charge >= 0.3 is 0 Å². The minimum Gasteiger partial charge on any atom is -0.385 e. The van der Waals surface area contributed by atoms with Crippen molar-refractivity contribution in [3.63, 3.8) is 0 Å². The zero-order valence-corrected chi connectivity index (χ0v) is 16.6. The summed E-state index contributed by atoms with van der Waals surface area (Å²) >= 11 is 0. The summed E-state index contributed by atoms with van der Waals surface area (Å²) < 4.78 is 26.3. The van der Waals surface area contributed by atoms with Crippen molar-refractivity contribution in [1.29, 1.82) is 0 Å². The first kappa shape index (κ1) is 21.1. The van der Waals surface area contributed by atoms with Crippen molar-refractivity contribution in [3.8, 4) is 0 Å². The molecule has 0 spiro atoms. The molecule has 2 atom stereocenters. The summed E-state index contributed by atoms with van der Waals surface area (Å²) in [6.07, 6.45) is 8.87. The van der Waals surface area contributed by atoms with Crippen LogP contribution in [0.25, 0.3) is 0 Å². The number of benzene rings is 1. The molecule has 0 amide bonds. The molecule has 26 heavy (non-hydrogen) atoms. The first-order valence-electron chi connectivity index (χ1n) is 10.0. The first-order valence-corrected chi connectivity index (χ1v) is 10.0. The molecule has 1 saturated carbocycles. The van der Waals surface area contributed by atoms with Gasteiger partial charge in [0, 0.05) is 31.4 Å². The van der Waals surface area contributed by atoms with Crippen LogP contribution >= 0.6 is 0 Å². The van der Waals surface area contributed by atoms with Crippen molar-refractivity contribution in [3.05, 3.63) is 29.8 Å². The van der Waals surface area contributed by atoms with Gasteiger partial charge in [0.1, 0.15) is 0 Å². The minimum atomic E-state index is -0.794. The molecule has 0 aromatic heterocycles. The minimum absolute atomic E-state index is 0.657. The van der Waals surface area contributed by atoms with Gasteiger partial charge in [0.25, 0.3) is 0 Å². The molecular formula is C21H35F2N3. The smallest absolute Gasteiger partial charge is 0.160 e. The van der Waals surface area contributed by atoms with Gasteiger partial charge in [-0.2, -0.15) is 0 Å². The highest BCUT2D eigenvalue weighted by Crippen LogP contribution is 2.30. The Kier molecular flexibility index (Phi) is 8.79. The Hall–Kier alpha value is -1.20. The Balaban J connectivity index is 1.80. The summed E-state index contributed by atoms with van der Waals surface area (Å²) in [6, 6.07) is 4.68. The van der Waals surface area contributed by atoms with Crippen LogP contribution in [0.5, 0.6) is 0 Å². The number of rotatable bonds is 9. The number of hydrogen-bond acceptors (Lipinski definition) is 3. The number of halogens is 2. The largest absolute Gasteiger partial charge is 0.385 e. The fourth-order valence-corrected chi connectivity index (χ4v) is 4.01. The number of hydrogen-bond donors (Lipinski definition) is 1. The molecule has 0 radical (unpaired) electrons. The highest BCUT2D eigenvalue weighted by Gasteiger charge is 2.26. The molecule has 1 aromatic rings. The van der Waals surface area contributed by atoms with Gasteiger partial charge in [-0.3, -0.25) is 0 Å². The second kappa shape index (κ2) is 10.8. The Morgan fingerprint density at radius 2 is 1.77 bits per heavy atom. The first-order chi connectivity index (χ1) is 12.5. The maximum absolute atomic E-state index is 13.3. The molecule has 2 unspecified atom stereocenters. The Morgan fingerprint density at radius 1 is 1.00 bits per heavy atom. The van der Waals surface area contributed by atoms with E-state index >= 15 is 0 Å². The van der Waals surface area contributed by atoms with Crippen molar-refractivity contribution in [2.24, 2.45) is 5.92 Å². The maximum Gasteiger partial charge on any atom is 0.160 e. The van der Waals surface area contributed by atoms with Crippen LogP contribution < -0.4 is 5.32 Å². The third-order valence-electron chi connectivity index (χ3n) is 5.59. The summed E-state index contributed by atoms with van der Waals surface area (Å²) in [4.78, 5) is 4.80. The lowest BCUT2D eigenvalue weighted by Gasteiger charge is -2.34. The van der Waals surface area contributed by atoms with E-state index in [1.165, 1.54) is 50.7 Å². The molecule has 1 N–H and O–H groups in total. The average molecular weight is 368 g/mol. The van der Waals surface area contributed by atoms with E-state index in [-0.39, 0.29) is 0 Å². The van der Waals surface area contributed by atoms with Gasteiger partial charge in [-0.15, -0.1) is 0 Å². The molecule has 0 saturated heterocycles. The highest BCUT2D eigenvalue weighted by atomic mass is 19.2. The fourth-order valence-electron chi connectivity index (χ4n) is 4.01. The average Bonchev–Trinajstić information content (AvgIpc) is 2.85. The summed E-state index contributed by atoms with van der Waals surface area (Å²) in [5, 5.41) is 3.23. The summed E-state index contributed by atoms with van der Waals surface area (Å²) in [5.41, 5.74) is 0.657. The van der Waals surface area contributed by atoms with Crippen molar-refractivity contribution < 1.29 is 8.78 Å². The fraction of sp³-hybridized carbons (Fsp3) is 0.714. The zero-order chi connectivity index (χ0) is 18.9. The topological polar surface area (TPSA) is 18.5 Å². The lowest BCUT2D eigenvalue weighted by atomic mass is 9.89. The Labute approximate surface area is 157 Å². The summed E-state index contributed by atoms with van der Waals surface area (Å²) in [7, 11) is 6.52. The molecule has 1 fully saturated rings. The van der Waals surface area contributed by atoms with Gasteiger partial charge in [0.2, 0.25) is 0 Å². The zero-order valence-electron chi connectivity index (χ0n) is 16.6. The second-order valence-corrected chi connectivity index (χ2v) is 7.95. The van der Waals surface area contributed by atoms with E-state index in [4.69, 9.17) is 0 Å². The molecule has 148 valence electrons. The summed E-state index contributed by atoms with van der Waals surface area (Å²) in [5.74, 6) is -0.852. The van der Waals surface area contributed by atoms with Gasteiger partial charge < -0.3 is 15.1 Å². The number of likely N-dealkylation sites (N-methyl/N-ethyl adjacent to an activating group) is 2. The van der Waals surface area contributed by atoms with Gasteiger partial charge in [-0.1, -0.05) is 19.3 Å². The monoisotopic (exact) mass is 367 g/mol. The van der Waals surface area contributed by atoms with Gasteiger partial charge in [-0.05, 0) is 70.9 Å². The molecule has 5 heteroatoms. The van der Waals surface area contributed by atoms with Crippen molar-refractivity contribution in [2.75, 3.05) is 46.1 Å². The van der Waals surface area contributed by atoms with Crippen LogP contribution in [0.15, 0.2) is 18.2 Å². The van der Waals surface area contributed by atoms with E-state index < -0.39 is 11.6 Å². The third kappa shape index (κ3) is 6.84. The molecule has 3 nitrogen and oxygen atoms in total. The molecule has 0 bridgehead atoms. The van der Waals surface area contributed by atoms with E-state index in [0.717, 1.165) is 32.0 Å². The highest BCUT2D eigenvalue weighted by molar-refractivity contribution is 5.43. The predicted molar refractivity (Wildman–Crippen MR) is 106 cm³/mol. The van der Waals surface area contributed by atoms with E-state index in [1.54, 1.807) is 6.07 Å². The second-order valence-electron chi connectivity index (χ2n) is 7.95. The van der Waals surface area contributed by atoms with Crippen LogP contribution in [0.3, 0.4) is 0 Å². The molecule has 0 aliphatic heterocycles. The van der Waals surface area contributed by atoms with E-state index in [0.29, 0.717) is 11.7 Å². The molecule has 1 aromatic carbocycles. The van der Waals surface area contributed by atoms with Gasteiger partial charge in [0.05, 0.1) is 0 Å².